The number of urea groups is 1. The van der Waals surface area contributed by atoms with Crippen LogP contribution >= 0.6 is 15.9 Å². The largest absolute Gasteiger partial charge is 0.495 e. The maximum Gasteiger partial charge on any atom is 0.319 e. The second kappa shape index (κ2) is 9.23. The Morgan fingerprint density at radius 1 is 1.29 bits per heavy atom. The number of halogens is 1. The highest BCUT2D eigenvalue weighted by molar-refractivity contribution is 9.10. The summed E-state index contributed by atoms with van der Waals surface area (Å²) in [6, 6.07) is 4.98. The van der Waals surface area contributed by atoms with Crippen LogP contribution in [-0.2, 0) is 4.79 Å². The van der Waals surface area contributed by atoms with Gasteiger partial charge in [0.15, 0.2) is 0 Å². The fraction of sp³-hybridized carbons (Fsp3) is 0.429. The van der Waals surface area contributed by atoms with Crippen molar-refractivity contribution in [3.05, 3.63) is 22.7 Å². The Morgan fingerprint density at radius 2 is 2.05 bits per heavy atom. The van der Waals surface area contributed by atoms with Crippen molar-refractivity contribution in [1.82, 2.24) is 5.32 Å². The number of hydrogen-bond acceptors (Lipinski definition) is 3. The number of rotatable bonds is 8. The van der Waals surface area contributed by atoms with E-state index in [0.717, 1.165) is 17.3 Å². The lowest BCUT2D eigenvalue weighted by atomic mass is 10.2. The van der Waals surface area contributed by atoms with E-state index in [1.807, 2.05) is 0 Å². The molecule has 0 saturated heterocycles. The van der Waals surface area contributed by atoms with Crippen molar-refractivity contribution in [1.29, 1.82) is 0 Å². The molecule has 0 aliphatic rings. The van der Waals surface area contributed by atoms with Crippen LogP contribution in [-0.4, -0.2) is 30.8 Å². The normalized spacial score (nSPS) is 10.0. The third-order valence-corrected chi connectivity index (χ3v) is 3.42. The van der Waals surface area contributed by atoms with Crippen molar-refractivity contribution in [2.24, 2.45) is 0 Å². The highest BCUT2D eigenvalue weighted by Crippen LogP contribution is 2.27. The van der Waals surface area contributed by atoms with Crippen LogP contribution in [0.2, 0.25) is 0 Å². The monoisotopic (exact) mass is 358 g/mol. The van der Waals surface area contributed by atoms with Gasteiger partial charge in [0.25, 0.3) is 0 Å². The number of ether oxygens (including phenoxy) is 1. The Morgan fingerprint density at radius 3 is 2.71 bits per heavy atom. The highest BCUT2D eigenvalue weighted by Gasteiger charge is 2.05. The summed E-state index contributed by atoms with van der Waals surface area (Å²) >= 11 is 3.34. The first-order valence-corrected chi connectivity index (χ1v) is 7.42. The summed E-state index contributed by atoms with van der Waals surface area (Å²) in [6.07, 6.45) is 2.33. The fourth-order valence-electron chi connectivity index (χ4n) is 1.69. The van der Waals surface area contributed by atoms with E-state index in [9.17, 15) is 9.59 Å². The van der Waals surface area contributed by atoms with Gasteiger partial charge in [-0.3, -0.25) is 4.79 Å². The number of anilines is 1. The number of hydrogen-bond donors (Lipinski definition) is 3. The highest BCUT2D eigenvalue weighted by atomic mass is 79.9. The standard InChI is InChI=1S/C14H19BrN2O4/c1-21-12-9-10(6-7-11(12)15)17-14(20)16-8-4-2-3-5-13(18)19/h6-7,9H,2-5,8H2,1H3,(H,18,19)(H2,16,17,20). The number of nitrogens with one attached hydrogen (secondary N) is 2. The van der Waals surface area contributed by atoms with Crippen LogP contribution in [0.5, 0.6) is 5.75 Å². The molecule has 0 atom stereocenters. The molecule has 0 aliphatic heterocycles. The van der Waals surface area contributed by atoms with Crippen molar-refractivity contribution in [3.63, 3.8) is 0 Å². The quantitative estimate of drug-likeness (QED) is 0.622. The van der Waals surface area contributed by atoms with Crippen molar-refractivity contribution >= 4 is 33.6 Å². The molecule has 1 aromatic rings. The lowest BCUT2D eigenvalue weighted by Crippen LogP contribution is -2.29. The van der Waals surface area contributed by atoms with Gasteiger partial charge in [0.2, 0.25) is 0 Å². The first-order chi connectivity index (χ1) is 10.0. The van der Waals surface area contributed by atoms with Gasteiger partial charge in [0, 0.05) is 24.7 Å². The Bertz CT molecular complexity index is 494. The summed E-state index contributed by atoms with van der Waals surface area (Å²) in [5, 5.41) is 13.9. The number of benzene rings is 1. The molecular weight excluding hydrogens is 340 g/mol. The van der Waals surface area contributed by atoms with E-state index in [4.69, 9.17) is 9.84 Å². The van der Waals surface area contributed by atoms with Crippen LogP contribution in [0.4, 0.5) is 10.5 Å². The van der Waals surface area contributed by atoms with Crippen LogP contribution in [0.15, 0.2) is 22.7 Å². The molecule has 0 aromatic heterocycles. The molecule has 0 heterocycles. The van der Waals surface area contributed by atoms with E-state index in [-0.39, 0.29) is 12.5 Å². The molecule has 0 unspecified atom stereocenters. The topological polar surface area (TPSA) is 87.7 Å². The summed E-state index contributed by atoms with van der Waals surface area (Å²) in [4.78, 5) is 22.0. The zero-order valence-electron chi connectivity index (χ0n) is 11.8. The molecule has 0 radical (unpaired) electrons. The summed E-state index contributed by atoms with van der Waals surface area (Å²) < 4.78 is 5.96. The minimum absolute atomic E-state index is 0.172. The number of unbranched alkanes of at least 4 members (excludes halogenated alkanes) is 2. The zero-order chi connectivity index (χ0) is 15.7. The number of carboxylic acids is 1. The predicted octanol–water partition coefficient (Wildman–Crippen LogP) is 3.22. The van der Waals surface area contributed by atoms with Crippen LogP contribution < -0.4 is 15.4 Å². The lowest BCUT2D eigenvalue weighted by molar-refractivity contribution is -0.137. The summed E-state index contributed by atoms with van der Waals surface area (Å²) in [7, 11) is 1.56. The van der Waals surface area contributed by atoms with Gasteiger partial charge in [-0.25, -0.2) is 4.79 Å². The predicted molar refractivity (Wildman–Crippen MR) is 83.8 cm³/mol. The van der Waals surface area contributed by atoms with Gasteiger partial charge in [0.05, 0.1) is 11.6 Å². The van der Waals surface area contributed by atoms with Crippen molar-refractivity contribution in [2.45, 2.75) is 25.7 Å². The molecule has 0 bridgehead atoms. The first kappa shape index (κ1) is 17.3. The van der Waals surface area contributed by atoms with Crippen molar-refractivity contribution in [2.75, 3.05) is 19.0 Å². The average molecular weight is 359 g/mol. The van der Waals surface area contributed by atoms with Gasteiger partial charge in [-0.15, -0.1) is 0 Å². The molecule has 1 rings (SSSR count). The first-order valence-electron chi connectivity index (χ1n) is 6.63. The molecule has 2 amide bonds. The third-order valence-electron chi connectivity index (χ3n) is 2.76. The average Bonchev–Trinajstić information content (AvgIpc) is 2.44. The molecule has 0 aliphatic carbocycles. The zero-order valence-corrected chi connectivity index (χ0v) is 13.4. The number of methoxy groups -OCH3 is 1. The maximum absolute atomic E-state index is 11.7. The second-order valence-electron chi connectivity index (χ2n) is 4.43. The maximum atomic E-state index is 11.7. The minimum Gasteiger partial charge on any atom is -0.495 e. The Hall–Kier alpha value is -1.76. The smallest absolute Gasteiger partial charge is 0.319 e. The van der Waals surface area contributed by atoms with Gasteiger partial charge in [-0.05, 0) is 40.9 Å². The van der Waals surface area contributed by atoms with Gasteiger partial charge < -0.3 is 20.5 Å². The second-order valence-corrected chi connectivity index (χ2v) is 5.29. The van der Waals surface area contributed by atoms with Gasteiger partial charge in [0.1, 0.15) is 5.75 Å². The van der Waals surface area contributed by atoms with E-state index in [0.29, 0.717) is 24.4 Å². The number of carboxylic acid groups (broad SMARTS) is 1. The Balaban J connectivity index is 2.26. The van der Waals surface area contributed by atoms with Crippen LogP contribution in [0, 0.1) is 0 Å². The SMILES string of the molecule is COc1cc(NC(=O)NCCCCCC(=O)O)ccc1Br. The molecule has 0 fully saturated rings. The van der Waals surface area contributed by atoms with Crippen LogP contribution in [0.1, 0.15) is 25.7 Å². The number of carbonyl (C=O) groups excluding carboxylic acids is 1. The fourth-order valence-corrected chi connectivity index (χ4v) is 2.10. The van der Waals surface area contributed by atoms with E-state index in [1.165, 1.54) is 0 Å². The molecule has 1 aromatic carbocycles. The molecule has 7 heteroatoms. The molecule has 6 nitrogen and oxygen atoms in total. The van der Waals surface area contributed by atoms with E-state index in [1.54, 1.807) is 25.3 Å². The summed E-state index contributed by atoms with van der Waals surface area (Å²) in [5.74, 6) is -0.147. The third kappa shape index (κ3) is 6.99. The van der Waals surface area contributed by atoms with Crippen LogP contribution in [0.25, 0.3) is 0 Å². The number of carbonyl (C=O) groups is 2. The van der Waals surface area contributed by atoms with E-state index < -0.39 is 5.97 Å². The van der Waals surface area contributed by atoms with Crippen LogP contribution in [0.3, 0.4) is 0 Å². The molecule has 116 valence electrons. The summed E-state index contributed by atoms with van der Waals surface area (Å²) in [5.41, 5.74) is 0.637. The van der Waals surface area contributed by atoms with Gasteiger partial charge in [-0.1, -0.05) is 6.42 Å². The Kier molecular flexibility index (Phi) is 7.60. The van der Waals surface area contributed by atoms with Gasteiger partial charge >= 0.3 is 12.0 Å². The minimum atomic E-state index is -0.787. The number of aliphatic carboxylic acids is 1. The van der Waals surface area contributed by atoms with E-state index in [2.05, 4.69) is 26.6 Å². The number of amides is 2. The lowest BCUT2D eigenvalue weighted by Gasteiger charge is -2.09. The van der Waals surface area contributed by atoms with Gasteiger partial charge in [-0.2, -0.15) is 0 Å². The van der Waals surface area contributed by atoms with Crippen molar-refractivity contribution in [3.8, 4) is 5.75 Å². The van der Waals surface area contributed by atoms with Crippen molar-refractivity contribution < 1.29 is 19.4 Å². The summed E-state index contributed by atoms with van der Waals surface area (Å²) in [6.45, 7) is 0.513. The molecular formula is C14H19BrN2O4. The molecule has 0 spiro atoms. The van der Waals surface area contributed by atoms with E-state index >= 15 is 0 Å². The molecule has 21 heavy (non-hydrogen) atoms. The molecule has 3 N–H and O–H groups in total. The Labute approximate surface area is 132 Å². The molecule has 0 saturated carbocycles.